The van der Waals surface area contributed by atoms with Crippen molar-refractivity contribution in [2.75, 3.05) is 0 Å². The quantitative estimate of drug-likeness (QED) is 0.703. The topological polar surface area (TPSA) is 33.1 Å². The molecule has 0 fully saturated rings. The molecular weight excluding hydrogens is 290 g/mol. The lowest BCUT2D eigenvalue weighted by Gasteiger charge is -2.10. The van der Waals surface area contributed by atoms with E-state index in [1.54, 1.807) is 11.8 Å². The number of benzene rings is 2. The van der Waals surface area contributed by atoms with Crippen LogP contribution in [0.5, 0.6) is 0 Å². The number of thioether (sulfide) groups is 1. The average Bonchev–Trinajstić information content (AvgIpc) is 2.61. The van der Waals surface area contributed by atoms with Crippen LogP contribution >= 0.6 is 11.8 Å². The van der Waals surface area contributed by atoms with Crippen LogP contribution in [-0.2, 0) is 12.4 Å². The first-order valence-electron chi connectivity index (χ1n) is 7.20. The summed E-state index contributed by atoms with van der Waals surface area (Å²) in [5.41, 5.74) is 4.00. The molecule has 1 aromatic heterocycles. The zero-order valence-corrected chi connectivity index (χ0v) is 13.0. The number of hydrogen-bond donors (Lipinski definition) is 1. The normalized spacial score (nSPS) is 10.6. The first-order chi connectivity index (χ1) is 10.9. The summed E-state index contributed by atoms with van der Waals surface area (Å²) < 4.78 is 0. The molecule has 0 aliphatic rings. The third-order valence-electron chi connectivity index (χ3n) is 3.36. The molecule has 1 heterocycles. The maximum Gasteiger partial charge on any atom is 0.0853 e. The molecule has 0 atom stereocenters. The lowest BCUT2D eigenvalue weighted by atomic mass is 10.1. The van der Waals surface area contributed by atoms with E-state index in [2.05, 4.69) is 47.4 Å². The van der Waals surface area contributed by atoms with Crippen molar-refractivity contribution in [3.05, 3.63) is 84.1 Å². The summed E-state index contributed by atoms with van der Waals surface area (Å²) in [6.07, 6.45) is 0. The van der Waals surface area contributed by atoms with Gasteiger partial charge < -0.3 is 5.11 Å². The first kappa shape index (κ1) is 14.8. The highest BCUT2D eigenvalue weighted by molar-refractivity contribution is 7.98. The second-order valence-corrected chi connectivity index (χ2v) is 5.96. The van der Waals surface area contributed by atoms with Crippen LogP contribution in [-0.4, -0.2) is 10.1 Å². The summed E-state index contributed by atoms with van der Waals surface area (Å²) in [4.78, 5) is 5.73. The number of aliphatic hydroxyl groups excluding tert-OH is 1. The smallest absolute Gasteiger partial charge is 0.0853 e. The van der Waals surface area contributed by atoms with Crippen LogP contribution in [0.3, 0.4) is 0 Å². The molecule has 0 aliphatic heterocycles. The van der Waals surface area contributed by atoms with Gasteiger partial charge in [-0.3, -0.25) is 0 Å². The molecule has 2 aromatic carbocycles. The number of rotatable bonds is 5. The fourth-order valence-corrected chi connectivity index (χ4v) is 3.21. The minimum Gasteiger partial charge on any atom is -0.390 e. The van der Waals surface area contributed by atoms with Crippen molar-refractivity contribution in [1.82, 2.24) is 4.98 Å². The van der Waals surface area contributed by atoms with E-state index in [0.717, 1.165) is 21.9 Å². The Labute approximate surface area is 134 Å². The molecule has 0 aliphatic carbocycles. The molecule has 0 spiro atoms. The Kier molecular flexibility index (Phi) is 4.88. The minimum absolute atomic E-state index is 0.0382. The van der Waals surface area contributed by atoms with Crippen molar-refractivity contribution < 1.29 is 5.11 Å². The second-order valence-electron chi connectivity index (χ2n) is 4.95. The van der Waals surface area contributed by atoms with Crippen molar-refractivity contribution in [2.24, 2.45) is 0 Å². The van der Waals surface area contributed by atoms with Gasteiger partial charge in [-0.2, -0.15) is 0 Å². The monoisotopic (exact) mass is 307 g/mol. The van der Waals surface area contributed by atoms with Crippen LogP contribution in [0.15, 0.2) is 77.7 Å². The Bertz CT molecular complexity index is 729. The molecular formula is C19H17NOS. The molecule has 3 aromatic rings. The zero-order chi connectivity index (χ0) is 15.2. The van der Waals surface area contributed by atoms with Crippen LogP contribution < -0.4 is 0 Å². The van der Waals surface area contributed by atoms with E-state index in [0.29, 0.717) is 5.69 Å². The maximum atomic E-state index is 9.34. The Morgan fingerprint density at radius 2 is 1.50 bits per heavy atom. The van der Waals surface area contributed by atoms with Gasteiger partial charge >= 0.3 is 0 Å². The first-order valence-corrected chi connectivity index (χ1v) is 8.18. The van der Waals surface area contributed by atoms with Gasteiger partial charge in [-0.15, -0.1) is 11.8 Å². The predicted octanol–water partition coefficient (Wildman–Crippen LogP) is 4.53. The molecule has 3 rings (SSSR count). The summed E-state index contributed by atoms with van der Waals surface area (Å²) in [7, 11) is 0. The highest BCUT2D eigenvalue weighted by Gasteiger charge is 2.09. The predicted molar refractivity (Wildman–Crippen MR) is 91.6 cm³/mol. The number of nitrogens with zero attached hydrogens (tertiary/aromatic N) is 1. The largest absolute Gasteiger partial charge is 0.390 e. The van der Waals surface area contributed by atoms with Crippen molar-refractivity contribution in [2.45, 2.75) is 17.3 Å². The van der Waals surface area contributed by atoms with E-state index in [1.807, 2.05) is 30.3 Å². The van der Waals surface area contributed by atoms with E-state index in [4.69, 9.17) is 0 Å². The molecule has 0 saturated heterocycles. The molecule has 1 N–H and O–H groups in total. The number of hydrogen-bond acceptors (Lipinski definition) is 3. The van der Waals surface area contributed by atoms with Gasteiger partial charge in [0.05, 0.1) is 18.0 Å². The number of aromatic nitrogens is 1. The fraction of sp³-hybridized carbons (Fsp3) is 0.105. The Morgan fingerprint density at radius 3 is 2.18 bits per heavy atom. The highest BCUT2D eigenvalue weighted by atomic mass is 32.2. The third-order valence-corrected chi connectivity index (χ3v) is 4.48. The van der Waals surface area contributed by atoms with Gasteiger partial charge in [0, 0.05) is 16.2 Å². The van der Waals surface area contributed by atoms with E-state index in [9.17, 15) is 5.11 Å². The standard InChI is InChI=1S/C19H17NOS/c21-13-17-11-12-18(22-14-15-7-3-1-4-8-15)19(20-17)16-9-5-2-6-10-16/h1-12,21H,13-14H2. The molecule has 0 saturated carbocycles. The molecule has 0 bridgehead atoms. The fourth-order valence-electron chi connectivity index (χ4n) is 2.23. The van der Waals surface area contributed by atoms with Gasteiger partial charge in [0.2, 0.25) is 0 Å². The van der Waals surface area contributed by atoms with Gasteiger partial charge in [0.25, 0.3) is 0 Å². The van der Waals surface area contributed by atoms with Crippen LogP contribution in [0.25, 0.3) is 11.3 Å². The third kappa shape index (κ3) is 3.56. The van der Waals surface area contributed by atoms with Gasteiger partial charge in [-0.05, 0) is 17.7 Å². The van der Waals surface area contributed by atoms with Gasteiger partial charge in [-0.25, -0.2) is 4.98 Å². The van der Waals surface area contributed by atoms with Crippen LogP contribution in [0.4, 0.5) is 0 Å². The molecule has 3 heteroatoms. The van der Waals surface area contributed by atoms with Gasteiger partial charge in [0.1, 0.15) is 0 Å². The second kappa shape index (κ2) is 7.25. The SMILES string of the molecule is OCc1ccc(SCc2ccccc2)c(-c2ccccc2)n1. The van der Waals surface area contributed by atoms with Crippen LogP contribution in [0, 0.1) is 0 Å². The van der Waals surface area contributed by atoms with Gasteiger partial charge in [0.15, 0.2) is 0 Å². The van der Waals surface area contributed by atoms with E-state index in [1.165, 1.54) is 5.56 Å². The molecule has 22 heavy (non-hydrogen) atoms. The van der Waals surface area contributed by atoms with Crippen LogP contribution in [0.1, 0.15) is 11.3 Å². The molecule has 2 nitrogen and oxygen atoms in total. The maximum absolute atomic E-state index is 9.34. The van der Waals surface area contributed by atoms with Crippen LogP contribution in [0.2, 0.25) is 0 Å². The van der Waals surface area contributed by atoms with Crippen molar-refractivity contribution >= 4 is 11.8 Å². The number of pyridine rings is 1. The Balaban J connectivity index is 1.90. The van der Waals surface area contributed by atoms with E-state index >= 15 is 0 Å². The van der Waals surface area contributed by atoms with Crippen molar-refractivity contribution in [3.8, 4) is 11.3 Å². The molecule has 0 radical (unpaired) electrons. The summed E-state index contributed by atoms with van der Waals surface area (Å²) >= 11 is 1.77. The number of aliphatic hydroxyl groups is 1. The van der Waals surface area contributed by atoms with Crippen molar-refractivity contribution in [3.63, 3.8) is 0 Å². The Morgan fingerprint density at radius 1 is 0.818 bits per heavy atom. The summed E-state index contributed by atoms with van der Waals surface area (Å²) in [5, 5.41) is 9.34. The van der Waals surface area contributed by atoms with Gasteiger partial charge in [-0.1, -0.05) is 60.7 Å². The lowest BCUT2D eigenvalue weighted by molar-refractivity contribution is 0.277. The zero-order valence-electron chi connectivity index (χ0n) is 12.1. The van der Waals surface area contributed by atoms with E-state index < -0.39 is 0 Å². The average molecular weight is 307 g/mol. The molecule has 0 unspecified atom stereocenters. The Hall–Kier alpha value is -2.10. The van der Waals surface area contributed by atoms with Crippen molar-refractivity contribution in [1.29, 1.82) is 0 Å². The van der Waals surface area contributed by atoms with E-state index in [-0.39, 0.29) is 6.61 Å². The summed E-state index contributed by atoms with van der Waals surface area (Å²) in [6, 6.07) is 24.5. The lowest BCUT2D eigenvalue weighted by Crippen LogP contribution is -1.94. The summed E-state index contributed by atoms with van der Waals surface area (Å²) in [6.45, 7) is -0.0382. The summed E-state index contributed by atoms with van der Waals surface area (Å²) in [5.74, 6) is 0.904. The highest BCUT2D eigenvalue weighted by Crippen LogP contribution is 2.32. The molecule has 110 valence electrons. The minimum atomic E-state index is -0.0382. The molecule has 0 amide bonds.